The Kier molecular flexibility index (Phi) is 3.75. The number of piperidine rings is 1. The van der Waals surface area contributed by atoms with E-state index in [1.807, 2.05) is 0 Å². The highest BCUT2D eigenvalue weighted by Gasteiger charge is 2.40. The summed E-state index contributed by atoms with van der Waals surface area (Å²) in [7, 11) is 0. The molecular weight excluding hydrogens is 266 g/mol. The first-order chi connectivity index (χ1) is 10.9. The molecule has 1 saturated heterocycles. The van der Waals surface area contributed by atoms with E-state index in [0.717, 1.165) is 0 Å². The Bertz CT molecular complexity index is 623. The van der Waals surface area contributed by atoms with Crippen molar-refractivity contribution in [1.29, 1.82) is 0 Å². The van der Waals surface area contributed by atoms with Crippen LogP contribution in [0.25, 0.3) is 0 Å². The first-order valence-electron chi connectivity index (χ1n) is 8.70. The van der Waals surface area contributed by atoms with Crippen LogP contribution in [0.15, 0.2) is 54.6 Å². The van der Waals surface area contributed by atoms with Gasteiger partial charge in [-0.3, -0.25) is 0 Å². The predicted octanol–water partition coefficient (Wildman–Crippen LogP) is 4.21. The van der Waals surface area contributed by atoms with Crippen LogP contribution in [0.5, 0.6) is 0 Å². The Morgan fingerprint density at radius 2 is 1.55 bits per heavy atom. The van der Waals surface area contributed by atoms with Gasteiger partial charge < -0.3 is 4.90 Å². The lowest BCUT2D eigenvalue weighted by molar-refractivity contribution is 0.160. The molecule has 0 atom stereocenters. The number of hydrogen-bond donors (Lipinski definition) is 0. The summed E-state index contributed by atoms with van der Waals surface area (Å²) in [5.41, 5.74) is 5.24. The molecule has 0 unspecified atom stereocenters. The minimum Gasteiger partial charge on any atom is -0.303 e. The predicted molar refractivity (Wildman–Crippen MR) is 92.3 cm³/mol. The van der Waals surface area contributed by atoms with Gasteiger partial charge in [0.2, 0.25) is 0 Å². The molecule has 1 heteroatoms. The molecule has 22 heavy (non-hydrogen) atoms. The Balaban J connectivity index is 1.37. The van der Waals surface area contributed by atoms with E-state index in [0.29, 0.717) is 5.41 Å². The van der Waals surface area contributed by atoms with Crippen molar-refractivity contribution < 1.29 is 0 Å². The molecule has 0 radical (unpaired) electrons. The van der Waals surface area contributed by atoms with Crippen molar-refractivity contribution in [2.24, 2.45) is 0 Å². The van der Waals surface area contributed by atoms with Crippen molar-refractivity contribution in [3.63, 3.8) is 0 Å². The van der Waals surface area contributed by atoms with Gasteiger partial charge in [0.25, 0.3) is 0 Å². The highest BCUT2D eigenvalue weighted by atomic mass is 15.1. The van der Waals surface area contributed by atoms with Crippen LogP contribution in [0.2, 0.25) is 0 Å². The number of fused-ring (bicyclic) bond motifs is 2. The number of likely N-dealkylation sites (tertiary alicyclic amines) is 1. The molecule has 0 amide bonds. The molecule has 0 N–H and O–H groups in total. The SMILES string of the molecule is c1ccc(CCN2CCC3(CCc4ccccc43)CC2)cc1. The van der Waals surface area contributed by atoms with Crippen LogP contribution < -0.4 is 0 Å². The Morgan fingerprint density at radius 3 is 2.36 bits per heavy atom. The zero-order chi connectivity index (χ0) is 14.8. The van der Waals surface area contributed by atoms with Gasteiger partial charge >= 0.3 is 0 Å². The fourth-order valence-electron chi connectivity index (χ4n) is 4.42. The van der Waals surface area contributed by atoms with Gasteiger partial charge in [-0.1, -0.05) is 54.6 Å². The lowest BCUT2D eigenvalue weighted by atomic mass is 9.74. The molecule has 0 aromatic heterocycles. The number of rotatable bonds is 3. The topological polar surface area (TPSA) is 3.24 Å². The fourth-order valence-corrected chi connectivity index (χ4v) is 4.42. The largest absolute Gasteiger partial charge is 0.303 e. The average Bonchev–Trinajstić information content (AvgIpc) is 2.94. The van der Waals surface area contributed by atoms with E-state index in [4.69, 9.17) is 0 Å². The molecule has 1 spiro atoms. The van der Waals surface area contributed by atoms with E-state index in [1.54, 1.807) is 11.1 Å². The summed E-state index contributed by atoms with van der Waals surface area (Å²) in [6.45, 7) is 3.74. The smallest absolute Gasteiger partial charge is 0.00218 e. The van der Waals surface area contributed by atoms with Crippen LogP contribution in [0.4, 0.5) is 0 Å². The molecule has 0 bridgehead atoms. The second-order valence-electron chi connectivity index (χ2n) is 7.01. The van der Waals surface area contributed by atoms with Crippen molar-refractivity contribution in [2.75, 3.05) is 19.6 Å². The molecule has 1 nitrogen and oxygen atoms in total. The van der Waals surface area contributed by atoms with E-state index in [1.165, 1.54) is 57.3 Å². The van der Waals surface area contributed by atoms with Gasteiger partial charge in [-0.05, 0) is 67.3 Å². The molecular formula is C21H25N. The summed E-state index contributed by atoms with van der Waals surface area (Å²) < 4.78 is 0. The van der Waals surface area contributed by atoms with Crippen LogP contribution in [-0.4, -0.2) is 24.5 Å². The molecule has 4 rings (SSSR count). The molecule has 0 saturated carbocycles. The van der Waals surface area contributed by atoms with Crippen molar-refractivity contribution in [1.82, 2.24) is 4.90 Å². The molecule has 1 fully saturated rings. The maximum Gasteiger partial charge on any atom is 0.00218 e. The van der Waals surface area contributed by atoms with E-state index in [9.17, 15) is 0 Å². The molecule has 2 aromatic carbocycles. The van der Waals surface area contributed by atoms with Gasteiger partial charge in [0, 0.05) is 6.54 Å². The van der Waals surface area contributed by atoms with Crippen molar-refractivity contribution in [2.45, 2.75) is 37.5 Å². The van der Waals surface area contributed by atoms with Gasteiger partial charge in [-0.2, -0.15) is 0 Å². The minimum absolute atomic E-state index is 0.500. The van der Waals surface area contributed by atoms with E-state index in [-0.39, 0.29) is 0 Å². The number of hydrogen-bond acceptors (Lipinski definition) is 1. The van der Waals surface area contributed by atoms with Crippen LogP contribution in [-0.2, 0) is 18.3 Å². The third-order valence-electron chi connectivity index (χ3n) is 5.83. The van der Waals surface area contributed by atoms with Gasteiger partial charge in [0.1, 0.15) is 0 Å². The van der Waals surface area contributed by atoms with E-state index < -0.39 is 0 Å². The monoisotopic (exact) mass is 291 g/mol. The lowest BCUT2D eigenvalue weighted by Crippen LogP contribution is -2.42. The molecule has 2 aliphatic rings. The summed E-state index contributed by atoms with van der Waals surface area (Å²) in [6.07, 6.45) is 6.54. The zero-order valence-corrected chi connectivity index (χ0v) is 13.3. The van der Waals surface area contributed by atoms with Crippen LogP contribution in [0.1, 0.15) is 36.0 Å². The van der Waals surface area contributed by atoms with E-state index >= 15 is 0 Å². The minimum atomic E-state index is 0.500. The number of nitrogens with zero attached hydrogens (tertiary/aromatic N) is 1. The number of benzene rings is 2. The first kappa shape index (κ1) is 14.0. The van der Waals surface area contributed by atoms with Crippen LogP contribution in [0.3, 0.4) is 0 Å². The third kappa shape index (κ3) is 2.59. The van der Waals surface area contributed by atoms with Gasteiger partial charge in [-0.25, -0.2) is 0 Å². The fraction of sp³-hybridized carbons (Fsp3) is 0.429. The first-order valence-corrected chi connectivity index (χ1v) is 8.70. The highest BCUT2D eigenvalue weighted by molar-refractivity contribution is 5.39. The van der Waals surface area contributed by atoms with Gasteiger partial charge in [-0.15, -0.1) is 0 Å². The maximum absolute atomic E-state index is 2.67. The Labute approximate surface area is 134 Å². The van der Waals surface area contributed by atoms with Crippen molar-refractivity contribution >= 4 is 0 Å². The molecule has 2 aromatic rings. The average molecular weight is 291 g/mol. The molecule has 1 heterocycles. The van der Waals surface area contributed by atoms with Gasteiger partial charge in [0.15, 0.2) is 0 Å². The van der Waals surface area contributed by atoms with Crippen LogP contribution >= 0.6 is 0 Å². The summed E-state index contributed by atoms with van der Waals surface area (Å²) in [5.74, 6) is 0. The maximum atomic E-state index is 2.67. The Hall–Kier alpha value is -1.60. The normalized spacial score (nSPS) is 20.2. The summed E-state index contributed by atoms with van der Waals surface area (Å²) in [6, 6.07) is 20.1. The standard InChI is InChI=1S/C21H25N/c1-2-6-18(7-3-1)11-15-22-16-13-21(14-17-22)12-10-19-8-4-5-9-20(19)21/h1-9H,10-17H2. The van der Waals surface area contributed by atoms with Crippen molar-refractivity contribution in [3.8, 4) is 0 Å². The lowest BCUT2D eigenvalue weighted by Gasteiger charge is -2.40. The highest BCUT2D eigenvalue weighted by Crippen LogP contribution is 2.46. The molecule has 1 aliphatic heterocycles. The quantitative estimate of drug-likeness (QED) is 0.819. The van der Waals surface area contributed by atoms with Crippen LogP contribution in [0, 0.1) is 0 Å². The molecule has 114 valence electrons. The van der Waals surface area contributed by atoms with E-state index in [2.05, 4.69) is 59.5 Å². The summed E-state index contributed by atoms with van der Waals surface area (Å²) in [4.78, 5) is 2.67. The van der Waals surface area contributed by atoms with Crippen molar-refractivity contribution in [3.05, 3.63) is 71.3 Å². The summed E-state index contributed by atoms with van der Waals surface area (Å²) >= 11 is 0. The summed E-state index contributed by atoms with van der Waals surface area (Å²) in [5, 5.41) is 0. The zero-order valence-electron chi connectivity index (χ0n) is 13.3. The number of aryl methyl sites for hydroxylation is 1. The van der Waals surface area contributed by atoms with Gasteiger partial charge in [0.05, 0.1) is 0 Å². The molecule has 1 aliphatic carbocycles. The Morgan fingerprint density at radius 1 is 0.818 bits per heavy atom. The third-order valence-corrected chi connectivity index (χ3v) is 5.83. The second-order valence-corrected chi connectivity index (χ2v) is 7.01. The second kappa shape index (κ2) is 5.89.